The molecule has 27 heavy (non-hydrogen) atoms. The highest BCUT2D eigenvalue weighted by Gasteiger charge is 2.15. The van der Waals surface area contributed by atoms with Crippen molar-refractivity contribution in [1.82, 2.24) is 14.9 Å². The second kappa shape index (κ2) is 7.24. The van der Waals surface area contributed by atoms with E-state index >= 15 is 0 Å². The average molecular weight is 381 g/mol. The van der Waals surface area contributed by atoms with Gasteiger partial charge in [0.15, 0.2) is 5.82 Å². The minimum atomic E-state index is -0.442. The maximum atomic E-state index is 11.1. The van der Waals surface area contributed by atoms with Crippen LogP contribution in [0.4, 0.5) is 5.69 Å². The van der Waals surface area contributed by atoms with E-state index in [1.165, 1.54) is 22.5 Å². The molecule has 1 N–H and O–H groups in total. The van der Waals surface area contributed by atoms with Crippen LogP contribution in [0, 0.1) is 14.9 Å². The van der Waals surface area contributed by atoms with E-state index < -0.39 is 4.92 Å². The van der Waals surface area contributed by atoms with Crippen LogP contribution in [0.25, 0.3) is 11.4 Å². The van der Waals surface area contributed by atoms with Crippen LogP contribution < -0.4 is 0 Å². The molecule has 0 atom stereocenters. The molecule has 138 valence electrons. The zero-order chi connectivity index (χ0) is 19.6. The van der Waals surface area contributed by atoms with E-state index in [2.05, 4.69) is 36.1 Å². The molecule has 0 spiro atoms. The molecule has 0 amide bonds. The third kappa shape index (κ3) is 4.01. The topological polar surface area (TPSA) is 89.1 Å². The SMILES string of the molecule is CC(C)(C)c1ccc(-c2n[nH]c(=S)n2/N=C/c2ccccc2[N+](=O)[O-])cc1. The number of nitrogens with zero attached hydrogens (tertiary/aromatic N) is 4. The number of nitro benzene ring substituents is 1. The molecule has 0 saturated carbocycles. The quantitative estimate of drug-likeness (QED) is 0.307. The number of H-pyrrole nitrogens is 1. The van der Waals surface area contributed by atoms with Crippen molar-refractivity contribution in [2.45, 2.75) is 26.2 Å². The molecule has 0 aliphatic heterocycles. The van der Waals surface area contributed by atoms with E-state index in [-0.39, 0.29) is 11.1 Å². The maximum absolute atomic E-state index is 11.1. The van der Waals surface area contributed by atoms with Gasteiger partial charge in [0, 0.05) is 11.6 Å². The second-order valence-corrected chi connectivity index (χ2v) is 7.44. The van der Waals surface area contributed by atoms with E-state index in [0.717, 1.165) is 5.56 Å². The van der Waals surface area contributed by atoms with Crippen molar-refractivity contribution < 1.29 is 4.92 Å². The summed E-state index contributed by atoms with van der Waals surface area (Å²) >= 11 is 5.25. The van der Waals surface area contributed by atoms with E-state index in [0.29, 0.717) is 16.2 Å². The maximum Gasteiger partial charge on any atom is 0.278 e. The zero-order valence-electron chi connectivity index (χ0n) is 15.2. The van der Waals surface area contributed by atoms with Crippen LogP contribution in [-0.2, 0) is 5.41 Å². The lowest BCUT2D eigenvalue weighted by atomic mass is 9.87. The number of nitrogens with one attached hydrogen (secondary N) is 1. The van der Waals surface area contributed by atoms with Gasteiger partial charge in [-0.2, -0.15) is 14.9 Å². The molecule has 0 saturated heterocycles. The van der Waals surface area contributed by atoms with Crippen molar-refractivity contribution in [2.24, 2.45) is 5.10 Å². The number of aromatic amines is 1. The predicted molar refractivity (Wildman–Crippen MR) is 108 cm³/mol. The smallest absolute Gasteiger partial charge is 0.258 e. The van der Waals surface area contributed by atoms with Crippen molar-refractivity contribution in [3.05, 3.63) is 74.5 Å². The van der Waals surface area contributed by atoms with Gasteiger partial charge in [-0.3, -0.25) is 10.1 Å². The van der Waals surface area contributed by atoms with Crippen LogP contribution in [0.1, 0.15) is 31.9 Å². The van der Waals surface area contributed by atoms with Gasteiger partial charge in [0.05, 0.1) is 16.7 Å². The Morgan fingerprint density at radius 3 is 2.48 bits per heavy atom. The van der Waals surface area contributed by atoms with E-state index in [4.69, 9.17) is 12.2 Å². The van der Waals surface area contributed by atoms with Gasteiger partial charge in [0.1, 0.15) is 0 Å². The first-order chi connectivity index (χ1) is 12.8. The minimum Gasteiger partial charge on any atom is -0.258 e. The fraction of sp³-hybridized carbons (Fsp3) is 0.211. The summed E-state index contributed by atoms with van der Waals surface area (Å²) in [4.78, 5) is 10.7. The van der Waals surface area contributed by atoms with Gasteiger partial charge >= 0.3 is 0 Å². The first kappa shape index (κ1) is 18.7. The van der Waals surface area contributed by atoms with Gasteiger partial charge in [-0.25, -0.2) is 5.10 Å². The summed E-state index contributed by atoms with van der Waals surface area (Å²) < 4.78 is 1.76. The number of hydrogen-bond acceptors (Lipinski definition) is 5. The Bertz CT molecular complexity index is 1060. The number of nitro groups is 1. The molecule has 8 heteroatoms. The van der Waals surface area contributed by atoms with Crippen LogP contribution in [0.15, 0.2) is 53.6 Å². The molecule has 0 radical (unpaired) electrons. The van der Waals surface area contributed by atoms with Crippen LogP contribution in [-0.4, -0.2) is 26.0 Å². The van der Waals surface area contributed by atoms with Crippen molar-refractivity contribution in [3.8, 4) is 11.4 Å². The Morgan fingerprint density at radius 1 is 1.19 bits per heavy atom. The molecule has 2 aromatic carbocycles. The number of benzene rings is 2. The monoisotopic (exact) mass is 381 g/mol. The number of hydrogen-bond donors (Lipinski definition) is 1. The summed E-state index contributed by atoms with van der Waals surface area (Å²) in [6, 6.07) is 14.4. The number of para-hydroxylation sites is 1. The molecular weight excluding hydrogens is 362 g/mol. The highest BCUT2D eigenvalue weighted by molar-refractivity contribution is 7.71. The summed E-state index contributed by atoms with van der Waals surface area (Å²) in [7, 11) is 0. The summed E-state index contributed by atoms with van der Waals surface area (Å²) in [5.41, 5.74) is 2.46. The molecule has 1 heterocycles. The first-order valence-electron chi connectivity index (χ1n) is 8.33. The molecule has 7 nitrogen and oxygen atoms in total. The Kier molecular flexibility index (Phi) is 5.00. The molecule has 0 aliphatic carbocycles. The van der Waals surface area contributed by atoms with Gasteiger partial charge in [-0.15, -0.1) is 0 Å². The Balaban J connectivity index is 1.99. The van der Waals surface area contributed by atoms with Crippen LogP contribution in [0.2, 0.25) is 0 Å². The minimum absolute atomic E-state index is 0.0210. The van der Waals surface area contributed by atoms with Gasteiger partial charge in [0.2, 0.25) is 4.77 Å². The molecule has 0 fully saturated rings. The summed E-state index contributed by atoms with van der Waals surface area (Å²) in [5, 5.41) is 22.4. The molecule has 0 unspecified atom stereocenters. The number of aromatic nitrogens is 3. The molecule has 0 aliphatic rings. The van der Waals surface area contributed by atoms with Crippen molar-refractivity contribution in [3.63, 3.8) is 0 Å². The van der Waals surface area contributed by atoms with E-state index in [9.17, 15) is 10.1 Å². The van der Waals surface area contributed by atoms with Crippen molar-refractivity contribution in [2.75, 3.05) is 0 Å². The highest BCUT2D eigenvalue weighted by atomic mass is 32.1. The molecule has 0 bridgehead atoms. The normalized spacial score (nSPS) is 11.8. The average Bonchev–Trinajstić information content (AvgIpc) is 3.00. The van der Waals surface area contributed by atoms with Gasteiger partial charge in [-0.1, -0.05) is 57.2 Å². The first-order valence-corrected chi connectivity index (χ1v) is 8.74. The zero-order valence-corrected chi connectivity index (χ0v) is 16.0. The summed E-state index contributed by atoms with van der Waals surface area (Å²) in [5.74, 6) is 0.537. The predicted octanol–water partition coefficient (Wildman–Crippen LogP) is 4.70. The van der Waals surface area contributed by atoms with Gasteiger partial charge < -0.3 is 0 Å². The van der Waals surface area contributed by atoms with Crippen LogP contribution in [0.5, 0.6) is 0 Å². The van der Waals surface area contributed by atoms with Crippen LogP contribution >= 0.6 is 12.2 Å². The second-order valence-electron chi connectivity index (χ2n) is 7.05. The standard InChI is InChI=1S/C19H19N5O2S/c1-19(2,3)15-10-8-13(9-11-15)17-21-22-18(27)23(17)20-12-14-6-4-5-7-16(14)24(25)26/h4-12H,1-3H3,(H,22,27)/b20-12+. The fourth-order valence-electron chi connectivity index (χ4n) is 2.59. The Hall–Kier alpha value is -3.13. The largest absolute Gasteiger partial charge is 0.278 e. The molecule has 1 aromatic heterocycles. The third-order valence-electron chi connectivity index (χ3n) is 4.11. The number of rotatable bonds is 4. The summed E-state index contributed by atoms with van der Waals surface area (Å²) in [6.45, 7) is 6.44. The highest BCUT2D eigenvalue weighted by Crippen LogP contribution is 2.25. The van der Waals surface area contributed by atoms with Crippen LogP contribution in [0.3, 0.4) is 0 Å². The lowest BCUT2D eigenvalue weighted by Crippen LogP contribution is -2.10. The fourth-order valence-corrected chi connectivity index (χ4v) is 2.77. The van der Waals surface area contributed by atoms with Crippen molar-refractivity contribution >= 4 is 24.1 Å². The lowest BCUT2D eigenvalue weighted by molar-refractivity contribution is -0.385. The lowest BCUT2D eigenvalue weighted by Gasteiger charge is -2.18. The van der Waals surface area contributed by atoms with Gasteiger partial charge in [0.25, 0.3) is 5.69 Å². The van der Waals surface area contributed by atoms with E-state index in [1.807, 2.05) is 24.3 Å². The molecule has 3 rings (SSSR count). The van der Waals surface area contributed by atoms with Crippen molar-refractivity contribution in [1.29, 1.82) is 0 Å². The van der Waals surface area contributed by atoms with E-state index in [1.54, 1.807) is 18.2 Å². The Morgan fingerprint density at radius 2 is 1.85 bits per heavy atom. The Labute approximate surface area is 161 Å². The summed E-state index contributed by atoms with van der Waals surface area (Å²) in [6.07, 6.45) is 1.41. The van der Waals surface area contributed by atoms with Gasteiger partial charge in [-0.05, 0) is 29.3 Å². The molecule has 3 aromatic rings. The molecular formula is C19H19N5O2S. The third-order valence-corrected chi connectivity index (χ3v) is 4.37.